The molecule has 0 bridgehead atoms. The van der Waals surface area contributed by atoms with Crippen LogP contribution in [0.15, 0.2) is 29.8 Å². The summed E-state index contributed by atoms with van der Waals surface area (Å²) in [6, 6.07) is 8.48. The maximum absolute atomic E-state index is 4.30. The van der Waals surface area contributed by atoms with Crippen LogP contribution in [0.3, 0.4) is 0 Å². The molecule has 0 unspecified atom stereocenters. The van der Waals surface area contributed by atoms with Crippen LogP contribution in [0.2, 0.25) is 0 Å². The molecule has 0 fully saturated rings. The molecule has 2 rings (SSSR count). The first kappa shape index (κ1) is 13.5. The highest BCUT2D eigenvalue weighted by Gasteiger charge is 2.09. The van der Waals surface area contributed by atoms with Crippen molar-refractivity contribution >= 4 is 28.9 Å². The molecule has 0 spiro atoms. The van der Waals surface area contributed by atoms with Gasteiger partial charge in [-0.3, -0.25) is 0 Å². The topological polar surface area (TPSA) is 17.0 Å². The Morgan fingerprint density at radius 1 is 1.11 bits per heavy atom. The molecule has 19 heavy (non-hydrogen) atoms. The summed E-state index contributed by atoms with van der Waals surface area (Å²) in [6.07, 6.45) is 0. The first-order chi connectivity index (χ1) is 8.99. The number of fused-ring (bicyclic) bond motifs is 1. The highest BCUT2D eigenvalue weighted by molar-refractivity contribution is 5.86. The largest absolute Gasteiger partial charge is 0.391 e. The van der Waals surface area contributed by atoms with Crippen molar-refractivity contribution in [3.05, 3.63) is 40.4 Å². The van der Waals surface area contributed by atoms with Gasteiger partial charge in [0.05, 0.1) is 5.52 Å². The number of hydrogen-bond acceptors (Lipinski definition) is 1. The fraction of sp³-hybridized carbons (Fsp3) is 0.294. The molecule has 1 heterocycles. The number of nitrogens with one attached hydrogen (secondary N) is 1. The summed E-state index contributed by atoms with van der Waals surface area (Å²) in [7, 11) is 1.95. The van der Waals surface area contributed by atoms with E-state index in [0.29, 0.717) is 0 Å². The fourth-order valence-electron chi connectivity index (χ4n) is 2.44. The number of rotatable bonds is 2. The van der Waals surface area contributed by atoms with Gasteiger partial charge >= 0.3 is 0 Å². The monoisotopic (exact) mass is 254 g/mol. The van der Waals surface area contributed by atoms with Gasteiger partial charge in [0, 0.05) is 34.4 Å². The molecule has 2 aromatic rings. The maximum Gasteiger partial charge on any atom is 0.0538 e. The fourth-order valence-corrected chi connectivity index (χ4v) is 2.44. The first-order valence-corrected chi connectivity index (χ1v) is 6.60. The zero-order valence-electron chi connectivity index (χ0n) is 12.5. The van der Waals surface area contributed by atoms with Crippen molar-refractivity contribution in [2.75, 3.05) is 7.05 Å². The minimum absolute atomic E-state index is 1.05. The standard InChI is InChI=1S/C17H22N2/c1-11(2)13(4)19-14(5)17(12(3)18-6)15-9-7-8-10-16(15)19/h7-10,18H,5H2,1-4,6H3/b17-12+. The van der Waals surface area contributed by atoms with Gasteiger partial charge in [0.2, 0.25) is 0 Å². The van der Waals surface area contributed by atoms with E-state index >= 15 is 0 Å². The second-order valence-corrected chi connectivity index (χ2v) is 5.13. The molecule has 2 nitrogen and oxygen atoms in total. The van der Waals surface area contributed by atoms with Gasteiger partial charge in [0.15, 0.2) is 0 Å². The van der Waals surface area contributed by atoms with Gasteiger partial charge in [-0.1, -0.05) is 30.4 Å². The zero-order valence-corrected chi connectivity index (χ0v) is 12.5. The molecule has 0 saturated carbocycles. The Morgan fingerprint density at radius 2 is 1.74 bits per heavy atom. The highest BCUT2D eigenvalue weighted by atomic mass is 15.0. The molecule has 0 radical (unpaired) electrons. The SMILES string of the molecule is C=c1/c(=C(/C)NC)c2ccccc2n1C(C)=C(C)C. The van der Waals surface area contributed by atoms with Crippen molar-refractivity contribution in [2.24, 2.45) is 0 Å². The number of hydrogen-bond donors (Lipinski definition) is 1. The first-order valence-electron chi connectivity index (χ1n) is 6.60. The van der Waals surface area contributed by atoms with Crippen LogP contribution in [-0.2, 0) is 0 Å². The lowest BCUT2D eigenvalue weighted by atomic mass is 10.2. The van der Waals surface area contributed by atoms with E-state index in [2.05, 4.69) is 68.4 Å². The van der Waals surface area contributed by atoms with Crippen molar-refractivity contribution in [1.82, 2.24) is 9.88 Å². The molecule has 1 N–H and O–H groups in total. The van der Waals surface area contributed by atoms with Gasteiger partial charge in [0.1, 0.15) is 0 Å². The van der Waals surface area contributed by atoms with Crippen LogP contribution >= 0.6 is 0 Å². The quantitative estimate of drug-likeness (QED) is 0.872. The normalized spacial score (nSPS) is 12.5. The van der Waals surface area contributed by atoms with E-state index in [4.69, 9.17) is 0 Å². The van der Waals surface area contributed by atoms with Crippen molar-refractivity contribution in [1.29, 1.82) is 0 Å². The van der Waals surface area contributed by atoms with Crippen LogP contribution in [0.4, 0.5) is 0 Å². The molecular weight excluding hydrogens is 232 g/mol. The molecule has 0 aliphatic carbocycles. The lowest BCUT2D eigenvalue weighted by molar-refractivity contribution is 1.05. The van der Waals surface area contributed by atoms with Gasteiger partial charge < -0.3 is 9.88 Å². The second kappa shape index (κ2) is 4.96. The van der Waals surface area contributed by atoms with Crippen LogP contribution in [0.5, 0.6) is 0 Å². The Hall–Kier alpha value is -1.96. The van der Waals surface area contributed by atoms with Crippen molar-refractivity contribution in [3.63, 3.8) is 0 Å². The van der Waals surface area contributed by atoms with Gasteiger partial charge in [0.25, 0.3) is 0 Å². The lowest BCUT2D eigenvalue weighted by Gasteiger charge is -2.08. The van der Waals surface area contributed by atoms with Crippen molar-refractivity contribution in [3.8, 4) is 0 Å². The molecule has 2 heteroatoms. The molecule has 1 aromatic carbocycles. The molecule has 1 aromatic heterocycles. The predicted octanol–water partition coefficient (Wildman–Crippen LogP) is 2.67. The third-order valence-electron chi connectivity index (χ3n) is 3.78. The molecule has 0 amide bonds. The summed E-state index contributed by atoms with van der Waals surface area (Å²) < 4.78 is 2.25. The number of para-hydroxylation sites is 1. The van der Waals surface area contributed by atoms with Crippen LogP contribution in [-0.4, -0.2) is 11.6 Å². The van der Waals surface area contributed by atoms with Crippen molar-refractivity contribution in [2.45, 2.75) is 27.7 Å². The molecule has 0 aliphatic rings. The zero-order chi connectivity index (χ0) is 14.2. The van der Waals surface area contributed by atoms with E-state index in [1.807, 2.05) is 7.05 Å². The predicted molar refractivity (Wildman–Crippen MR) is 85.1 cm³/mol. The summed E-state index contributed by atoms with van der Waals surface area (Å²) >= 11 is 0. The van der Waals surface area contributed by atoms with E-state index in [1.54, 1.807) is 0 Å². The number of allylic oxidation sites excluding steroid dienone is 2. The number of nitrogens with zero attached hydrogens (tertiary/aromatic N) is 1. The van der Waals surface area contributed by atoms with E-state index in [1.165, 1.54) is 27.4 Å². The van der Waals surface area contributed by atoms with Gasteiger partial charge in [-0.05, 0) is 33.8 Å². The maximum atomic E-state index is 4.30. The van der Waals surface area contributed by atoms with Crippen LogP contribution < -0.4 is 15.9 Å². The van der Waals surface area contributed by atoms with Gasteiger partial charge in [-0.15, -0.1) is 0 Å². The summed E-state index contributed by atoms with van der Waals surface area (Å²) in [5.74, 6) is 0. The average molecular weight is 254 g/mol. The summed E-state index contributed by atoms with van der Waals surface area (Å²) in [5, 5.41) is 6.75. The number of benzene rings is 1. The van der Waals surface area contributed by atoms with Crippen molar-refractivity contribution < 1.29 is 0 Å². The van der Waals surface area contributed by atoms with Crippen LogP contribution in [0.25, 0.3) is 28.9 Å². The van der Waals surface area contributed by atoms with E-state index < -0.39 is 0 Å². The average Bonchev–Trinajstić information content (AvgIpc) is 2.69. The minimum Gasteiger partial charge on any atom is -0.391 e. The Labute approximate surface area is 114 Å². The molecule has 0 aliphatic heterocycles. The second-order valence-electron chi connectivity index (χ2n) is 5.13. The Kier molecular flexibility index (Phi) is 3.52. The Morgan fingerprint density at radius 3 is 2.32 bits per heavy atom. The molecule has 0 atom stereocenters. The van der Waals surface area contributed by atoms with Crippen LogP contribution in [0.1, 0.15) is 27.7 Å². The van der Waals surface area contributed by atoms with Gasteiger partial charge in [-0.25, -0.2) is 0 Å². The third kappa shape index (κ3) is 2.07. The minimum atomic E-state index is 1.05. The molecular formula is C17H22N2. The summed E-state index contributed by atoms with van der Waals surface area (Å²) in [6.45, 7) is 12.8. The summed E-state index contributed by atoms with van der Waals surface area (Å²) in [5.41, 5.74) is 4.92. The molecule has 0 saturated heterocycles. The molecule has 100 valence electrons. The van der Waals surface area contributed by atoms with E-state index in [0.717, 1.165) is 11.0 Å². The third-order valence-corrected chi connectivity index (χ3v) is 3.78. The van der Waals surface area contributed by atoms with E-state index in [-0.39, 0.29) is 0 Å². The smallest absolute Gasteiger partial charge is 0.0538 e. The Balaban J connectivity index is 3.09. The number of aromatic nitrogens is 1. The Bertz CT molecular complexity index is 756. The van der Waals surface area contributed by atoms with Crippen LogP contribution in [0, 0.1) is 0 Å². The lowest BCUT2D eigenvalue weighted by Crippen LogP contribution is -2.31. The van der Waals surface area contributed by atoms with E-state index in [9.17, 15) is 0 Å². The summed E-state index contributed by atoms with van der Waals surface area (Å²) in [4.78, 5) is 0. The highest BCUT2D eigenvalue weighted by Crippen LogP contribution is 2.15. The van der Waals surface area contributed by atoms with Gasteiger partial charge in [-0.2, -0.15) is 0 Å².